The third-order valence-corrected chi connectivity index (χ3v) is 3.47. The summed E-state index contributed by atoms with van der Waals surface area (Å²) in [7, 11) is -4.71. The highest BCUT2D eigenvalue weighted by molar-refractivity contribution is 7.50. The molecule has 0 saturated heterocycles. The number of nitrogens with zero attached hydrogens (tertiary/aromatic N) is 1. The van der Waals surface area contributed by atoms with Gasteiger partial charge in [0.1, 0.15) is 17.3 Å². The lowest BCUT2D eigenvalue weighted by molar-refractivity contribution is -0.119. The van der Waals surface area contributed by atoms with Crippen LogP contribution in [0, 0.1) is 5.92 Å². The fourth-order valence-electron chi connectivity index (χ4n) is 2.02. The number of hydrogen-bond acceptors (Lipinski definition) is 4. The quantitative estimate of drug-likeness (QED) is 0.624. The van der Waals surface area contributed by atoms with Gasteiger partial charge in [-0.15, -0.1) is 0 Å². The first-order chi connectivity index (χ1) is 10.2. The Morgan fingerprint density at radius 2 is 1.82 bits per heavy atom. The summed E-state index contributed by atoms with van der Waals surface area (Å²) in [5.41, 5.74) is 0.461. The zero-order valence-corrected chi connectivity index (χ0v) is 12.2. The number of aliphatic hydroxyl groups is 1. The summed E-state index contributed by atoms with van der Waals surface area (Å²) in [5.74, 6) is -1.44. The molecule has 116 valence electrons. The lowest BCUT2D eigenvalue weighted by Gasteiger charge is -2.16. The molecule has 1 atom stereocenters. The van der Waals surface area contributed by atoms with Crippen LogP contribution in [0.25, 0.3) is 0 Å². The van der Waals surface area contributed by atoms with Crippen molar-refractivity contribution in [3.8, 4) is 5.75 Å². The van der Waals surface area contributed by atoms with Gasteiger partial charge in [-0.2, -0.15) is 4.76 Å². The SMILES string of the molecule is O=C(Cc1ccc(O)cc1)C1C=CC(O)=CC1=NP(=O)(O)O. The van der Waals surface area contributed by atoms with Gasteiger partial charge in [0.15, 0.2) is 0 Å². The van der Waals surface area contributed by atoms with Crippen LogP contribution in [-0.2, 0) is 15.8 Å². The molecule has 0 aliphatic heterocycles. The van der Waals surface area contributed by atoms with E-state index in [1.165, 1.54) is 24.3 Å². The van der Waals surface area contributed by atoms with Gasteiger partial charge in [-0.3, -0.25) is 4.79 Å². The van der Waals surface area contributed by atoms with Crippen LogP contribution >= 0.6 is 7.75 Å². The zero-order chi connectivity index (χ0) is 16.3. The van der Waals surface area contributed by atoms with Crippen molar-refractivity contribution in [2.75, 3.05) is 0 Å². The highest BCUT2D eigenvalue weighted by Crippen LogP contribution is 2.38. The van der Waals surface area contributed by atoms with E-state index in [1.807, 2.05) is 0 Å². The first-order valence-electron chi connectivity index (χ1n) is 6.30. The standard InChI is InChI=1S/C14H14NO6P/c16-10-3-1-9(2-4-10)7-14(18)12-6-5-11(17)8-13(12)15-22(19,20)21/h1-6,8,12,16-17H,7H2,(H2,19,20,21). The largest absolute Gasteiger partial charge is 0.508 e. The number of phenolic OH excluding ortho intramolecular Hbond substituents is 1. The van der Waals surface area contributed by atoms with Crippen molar-refractivity contribution in [1.29, 1.82) is 0 Å². The molecule has 0 amide bonds. The van der Waals surface area contributed by atoms with E-state index in [9.17, 15) is 19.6 Å². The second-order valence-corrected chi connectivity index (χ2v) is 5.98. The smallest absolute Gasteiger partial charge is 0.448 e. The highest BCUT2D eigenvalue weighted by atomic mass is 31.2. The van der Waals surface area contributed by atoms with Crippen molar-refractivity contribution >= 4 is 19.2 Å². The van der Waals surface area contributed by atoms with Gasteiger partial charge < -0.3 is 20.0 Å². The molecule has 0 bridgehead atoms. The topological polar surface area (TPSA) is 127 Å². The third-order valence-electron chi connectivity index (χ3n) is 2.98. The van der Waals surface area contributed by atoms with Gasteiger partial charge in [0.2, 0.25) is 0 Å². The van der Waals surface area contributed by atoms with E-state index in [0.717, 1.165) is 6.08 Å². The molecule has 0 spiro atoms. The molecule has 0 heterocycles. The molecule has 0 saturated carbocycles. The van der Waals surface area contributed by atoms with Gasteiger partial charge >= 0.3 is 7.75 Å². The molecule has 1 aliphatic rings. The first kappa shape index (κ1) is 16.2. The van der Waals surface area contributed by atoms with Gasteiger partial charge in [0, 0.05) is 12.5 Å². The number of aromatic hydroxyl groups is 1. The van der Waals surface area contributed by atoms with E-state index in [2.05, 4.69) is 4.76 Å². The van der Waals surface area contributed by atoms with E-state index >= 15 is 0 Å². The number of phenols is 1. The van der Waals surface area contributed by atoms with Crippen molar-refractivity contribution in [1.82, 2.24) is 0 Å². The molecular weight excluding hydrogens is 309 g/mol. The lowest BCUT2D eigenvalue weighted by Crippen LogP contribution is -2.25. The predicted octanol–water partition coefficient (Wildman–Crippen LogP) is 1.67. The fraction of sp³-hybridized carbons (Fsp3) is 0.143. The molecule has 0 aromatic heterocycles. The summed E-state index contributed by atoms with van der Waals surface area (Å²) in [5, 5.41) is 18.6. The lowest BCUT2D eigenvalue weighted by atomic mass is 9.90. The number of Topliss-reactive ketones (excluding diaryl/α,β-unsaturated/α-hetero) is 1. The second-order valence-electron chi connectivity index (χ2n) is 4.75. The van der Waals surface area contributed by atoms with E-state index in [1.54, 1.807) is 12.1 Å². The number of carbonyl (C=O) groups excluding carboxylic acids is 1. The summed E-state index contributed by atoms with van der Waals surface area (Å²) in [6.07, 6.45) is 3.67. The van der Waals surface area contributed by atoms with E-state index in [-0.39, 0.29) is 29.4 Å². The average Bonchev–Trinajstić information content (AvgIpc) is 2.39. The maximum Gasteiger partial charge on any atom is 0.448 e. The Balaban J connectivity index is 2.23. The third kappa shape index (κ3) is 4.39. The van der Waals surface area contributed by atoms with Crippen LogP contribution in [-0.4, -0.2) is 31.5 Å². The molecule has 1 unspecified atom stereocenters. The molecule has 8 heteroatoms. The molecule has 2 rings (SSSR count). The van der Waals surface area contributed by atoms with Crippen LogP contribution in [0.4, 0.5) is 0 Å². The minimum atomic E-state index is -4.71. The Labute approximate surface area is 126 Å². The normalized spacial score (nSPS) is 20.0. The van der Waals surface area contributed by atoms with Crippen molar-refractivity contribution in [2.24, 2.45) is 10.7 Å². The number of allylic oxidation sites excluding steroid dienone is 3. The van der Waals surface area contributed by atoms with Crippen LogP contribution in [0.1, 0.15) is 5.56 Å². The highest BCUT2D eigenvalue weighted by Gasteiger charge is 2.26. The summed E-state index contributed by atoms with van der Waals surface area (Å²) in [6.45, 7) is 0. The number of aliphatic hydroxyl groups excluding tert-OH is 1. The second kappa shape index (κ2) is 6.27. The van der Waals surface area contributed by atoms with Gasteiger partial charge in [0.25, 0.3) is 0 Å². The van der Waals surface area contributed by atoms with Crippen molar-refractivity contribution in [2.45, 2.75) is 6.42 Å². The molecule has 4 N–H and O–H groups in total. The molecule has 0 radical (unpaired) electrons. The van der Waals surface area contributed by atoms with E-state index < -0.39 is 13.7 Å². The summed E-state index contributed by atoms with van der Waals surface area (Å²) < 4.78 is 14.2. The minimum Gasteiger partial charge on any atom is -0.508 e. The maximum atomic E-state index is 12.3. The minimum absolute atomic E-state index is 0.00404. The zero-order valence-electron chi connectivity index (χ0n) is 11.3. The Morgan fingerprint density at radius 1 is 1.18 bits per heavy atom. The van der Waals surface area contributed by atoms with Gasteiger partial charge in [0.05, 0.1) is 11.6 Å². The van der Waals surface area contributed by atoms with Crippen LogP contribution in [0.5, 0.6) is 5.75 Å². The fourth-order valence-corrected chi connectivity index (χ4v) is 2.50. The van der Waals surface area contributed by atoms with E-state index in [0.29, 0.717) is 5.56 Å². The van der Waals surface area contributed by atoms with Gasteiger partial charge in [-0.05, 0) is 23.8 Å². The predicted molar refractivity (Wildman–Crippen MR) is 79.6 cm³/mol. The van der Waals surface area contributed by atoms with Crippen LogP contribution in [0.15, 0.2) is 53.0 Å². The first-order valence-corrected chi connectivity index (χ1v) is 7.86. The number of carbonyl (C=O) groups is 1. The molecule has 0 fully saturated rings. The van der Waals surface area contributed by atoms with Crippen molar-refractivity contribution < 1.29 is 29.4 Å². The monoisotopic (exact) mass is 323 g/mol. The Hall–Kier alpha value is -2.21. The van der Waals surface area contributed by atoms with Crippen LogP contribution in [0.3, 0.4) is 0 Å². The van der Waals surface area contributed by atoms with Crippen molar-refractivity contribution in [3.63, 3.8) is 0 Å². The number of rotatable bonds is 4. The maximum absolute atomic E-state index is 12.3. The Morgan fingerprint density at radius 3 is 2.41 bits per heavy atom. The number of benzene rings is 1. The van der Waals surface area contributed by atoms with Gasteiger partial charge in [-0.1, -0.05) is 18.2 Å². The van der Waals surface area contributed by atoms with Gasteiger partial charge in [-0.25, -0.2) is 4.57 Å². The average molecular weight is 323 g/mol. The van der Waals surface area contributed by atoms with Crippen LogP contribution < -0.4 is 0 Å². The summed E-state index contributed by atoms with van der Waals surface area (Å²) in [6, 6.07) is 6.03. The molecule has 1 aromatic carbocycles. The molecular formula is C14H14NO6P. The van der Waals surface area contributed by atoms with Crippen molar-refractivity contribution in [3.05, 3.63) is 53.8 Å². The number of hydrogen-bond donors (Lipinski definition) is 4. The Bertz CT molecular complexity index is 713. The Kier molecular flexibility index (Phi) is 4.61. The molecule has 22 heavy (non-hydrogen) atoms. The number of ketones is 1. The molecule has 1 aliphatic carbocycles. The summed E-state index contributed by atoms with van der Waals surface area (Å²) in [4.78, 5) is 30.1. The van der Waals surface area contributed by atoms with Crippen LogP contribution in [0.2, 0.25) is 0 Å². The van der Waals surface area contributed by atoms with E-state index in [4.69, 9.17) is 9.79 Å². The summed E-state index contributed by atoms with van der Waals surface area (Å²) >= 11 is 0. The molecule has 1 aromatic rings. The molecule has 7 nitrogen and oxygen atoms in total.